The molecule has 0 aliphatic rings. The van der Waals surface area contributed by atoms with Crippen molar-refractivity contribution in [3.63, 3.8) is 0 Å². The largest absolute Gasteiger partial charge is 0.497 e. The maximum absolute atomic E-state index is 12.1. The molecule has 0 heterocycles. The van der Waals surface area contributed by atoms with E-state index in [1.165, 1.54) is 12.3 Å². The molecule has 3 rings (SSSR count). The number of hydrogen-bond acceptors (Lipinski definition) is 5. The van der Waals surface area contributed by atoms with E-state index in [0.717, 1.165) is 11.3 Å². The number of amides is 1. The zero-order valence-electron chi connectivity index (χ0n) is 16.6. The van der Waals surface area contributed by atoms with E-state index in [9.17, 15) is 9.59 Å². The number of halogens is 1. The quantitative estimate of drug-likeness (QED) is 0.192. The van der Waals surface area contributed by atoms with E-state index in [1.54, 1.807) is 73.8 Å². The molecule has 156 valence electrons. The highest BCUT2D eigenvalue weighted by molar-refractivity contribution is 6.33. The van der Waals surface area contributed by atoms with E-state index in [4.69, 9.17) is 21.1 Å². The number of benzene rings is 3. The lowest BCUT2D eigenvalue weighted by atomic mass is 10.2. The fourth-order valence-corrected chi connectivity index (χ4v) is 2.78. The monoisotopic (exact) mass is 434 g/mol. The molecule has 0 spiro atoms. The predicted octanol–water partition coefficient (Wildman–Crippen LogP) is 4.73. The molecule has 1 N–H and O–H groups in total. The van der Waals surface area contributed by atoms with Crippen LogP contribution in [0.1, 0.15) is 21.5 Å². The molecule has 3 aromatic rings. The fraction of sp³-hybridized carbons (Fsp3) is 0.0417. The number of rotatable bonds is 7. The van der Waals surface area contributed by atoms with E-state index in [-0.39, 0.29) is 0 Å². The van der Waals surface area contributed by atoms with Gasteiger partial charge in [0.05, 0.1) is 23.9 Å². The SMILES string of the molecule is COc1ccc(/C=C/C(=O)Oc2cccc(/C=N\NC(=O)c3ccccc3Cl)c2)cc1. The van der Waals surface area contributed by atoms with Gasteiger partial charge in [0.1, 0.15) is 11.5 Å². The van der Waals surface area contributed by atoms with Crippen LogP contribution in [0, 0.1) is 0 Å². The van der Waals surface area contributed by atoms with Crippen molar-refractivity contribution in [1.29, 1.82) is 0 Å². The number of carbonyl (C=O) groups is 2. The smallest absolute Gasteiger partial charge is 0.336 e. The zero-order valence-corrected chi connectivity index (χ0v) is 17.4. The summed E-state index contributed by atoms with van der Waals surface area (Å²) in [6, 6.07) is 20.7. The topological polar surface area (TPSA) is 77.0 Å². The first-order valence-corrected chi connectivity index (χ1v) is 9.65. The van der Waals surface area contributed by atoms with Gasteiger partial charge in [-0.2, -0.15) is 5.10 Å². The molecule has 0 fully saturated rings. The molecule has 0 aliphatic carbocycles. The van der Waals surface area contributed by atoms with Crippen LogP contribution in [0.25, 0.3) is 6.08 Å². The lowest BCUT2D eigenvalue weighted by molar-refractivity contribution is -0.128. The average Bonchev–Trinajstić information content (AvgIpc) is 2.78. The van der Waals surface area contributed by atoms with Gasteiger partial charge in [0, 0.05) is 6.08 Å². The van der Waals surface area contributed by atoms with Crippen LogP contribution >= 0.6 is 11.6 Å². The van der Waals surface area contributed by atoms with Gasteiger partial charge in [0.25, 0.3) is 5.91 Å². The van der Waals surface area contributed by atoms with Crippen molar-refractivity contribution in [2.45, 2.75) is 0 Å². The Morgan fingerprint density at radius 2 is 1.71 bits per heavy atom. The molecule has 0 aliphatic heterocycles. The van der Waals surface area contributed by atoms with Crippen LogP contribution < -0.4 is 14.9 Å². The van der Waals surface area contributed by atoms with E-state index < -0.39 is 11.9 Å². The van der Waals surface area contributed by atoms with Crippen molar-refractivity contribution >= 4 is 35.8 Å². The summed E-state index contributed by atoms with van der Waals surface area (Å²) in [6.45, 7) is 0. The average molecular weight is 435 g/mol. The highest BCUT2D eigenvalue weighted by Gasteiger charge is 2.08. The normalized spacial score (nSPS) is 10.9. The summed E-state index contributed by atoms with van der Waals surface area (Å²) in [5, 5.41) is 4.26. The molecule has 31 heavy (non-hydrogen) atoms. The molecular formula is C24H19ClN2O4. The van der Waals surface area contributed by atoms with E-state index in [2.05, 4.69) is 10.5 Å². The van der Waals surface area contributed by atoms with Gasteiger partial charge in [0.15, 0.2) is 0 Å². The van der Waals surface area contributed by atoms with Gasteiger partial charge < -0.3 is 9.47 Å². The molecule has 3 aromatic carbocycles. The highest BCUT2D eigenvalue weighted by Crippen LogP contribution is 2.16. The van der Waals surface area contributed by atoms with Gasteiger partial charge in [0.2, 0.25) is 0 Å². The number of nitrogens with one attached hydrogen (secondary N) is 1. The maximum atomic E-state index is 12.1. The van der Waals surface area contributed by atoms with Gasteiger partial charge in [-0.05, 0) is 53.6 Å². The van der Waals surface area contributed by atoms with Crippen LogP contribution in [0.5, 0.6) is 11.5 Å². The molecule has 0 unspecified atom stereocenters. The summed E-state index contributed by atoms with van der Waals surface area (Å²) in [7, 11) is 1.59. The van der Waals surface area contributed by atoms with Crippen molar-refractivity contribution in [2.24, 2.45) is 5.10 Å². The molecule has 0 saturated heterocycles. The molecule has 0 saturated carbocycles. The zero-order chi connectivity index (χ0) is 22.1. The van der Waals surface area contributed by atoms with E-state index in [0.29, 0.717) is 21.9 Å². The van der Waals surface area contributed by atoms with Crippen molar-refractivity contribution in [3.05, 3.63) is 101 Å². The second-order valence-electron chi connectivity index (χ2n) is 6.28. The Labute approximate surface area is 184 Å². The molecule has 6 nitrogen and oxygen atoms in total. The second kappa shape index (κ2) is 10.8. The molecule has 0 bridgehead atoms. The minimum atomic E-state index is -0.517. The molecule has 7 heteroatoms. The summed E-state index contributed by atoms with van der Waals surface area (Å²) < 4.78 is 10.4. The lowest BCUT2D eigenvalue weighted by Crippen LogP contribution is -2.17. The number of nitrogens with zero attached hydrogens (tertiary/aromatic N) is 1. The van der Waals surface area contributed by atoms with Crippen LogP contribution in [-0.4, -0.2) is 25.2 Å². The number of esters is 1. The van der Waals surface area contributed by atoms with Crippen molar-refractivity contribution < 1.29 is 19.1 Å². The van der Waals surface area contributed by atoms with Crippen LogP contribution in [0.3, 0.4) is 0 Å². The Morgan fingerprint density at radius 1 is 0.935 bits per heavy atom. The Morgan fingerprint density at radius 3 is 2.45 bits per heavy atom. The minimum absolute atomic E-state index is 0.327. The third-order valence-electron chi connectivity index (χ3n) is 4.10. The first-order valence-electron chi connectivity index (χ1n) is 9.27. The number of hydrazone groups is 1. The van der Waals surface area contributed by atoms with Crippen molar-refractivity contribution in [2.75, 3.05) is 7.11 Å². The second-order valence-corrected chi connectivity index (χ2v) is 6.69. The lowest BCUT2D eigenvalue weighted by Gasteiger charge is -2.03. The molecule has 0 radical (unpaired) electrons. The Balaban J connectivity index is 1.57. The van der Waals surface area contributed by atoms with Crippen LogP contribution in [-0.2, 0) is 4.79 Å². The summed E-state index contributed by atoms with van der Waals surface area (Å²) in [6.07, 6.45) is 4.43. The number of ether oxygens (including phenoxy) is 2. The summed E-state index contributed by atoms with van der Waals surface area (Å²) in [4.78, 5) is 24.2. The molecule has 0 atom stereocenters. The first-order chi connectivity index (χ1) is 15.0. The summed E-state index contributed by atoms with van der Waals surface area (Å²) in [5.41, 5.74) is 4.22. The number of carbonyl (C=O) groups excluding carboxylic acids is 2. The summed E-state index contributed by atoms with van der Waals surface area (Å²) in [5.74, 6) is 0.150. The Kier molecular flexibility index (Phi) is 7.56. The number of methoxy groups -OCH3 is 1. The van der Waals surface area contributed by atoms with Gasteiger partial charge in [-0.1, -0.05) is 48.0 Å². The summed E-state index contributed by atoms with van der Waals surface area (Å²) >= 11 is 5.99. The Hall–Kier alpha value is -3.90. The number of hydrogen-bond donors (Lipinski definition) is 1. The van der Waals surface area contributed by atoms with E-state index >= 15 is 0 Å². The molecule has 0 aromatic heterocycles. The van der Waals surface area contributed by atoms with Crippen LogP contribution in [0.15, 0.2) is 84.0 Å². The first kappa shape index (κ1) is 21.8. The van der Waals surface area contributed by atoms with Gasteiger partial charge >= 0.3 is 5.97 Å². The predicted molar refractivity (Wildman–Crippen MR) is 121 cm³/mol. The van der Waals surface area contributed by atoms with Crippen LogP contribution in [0.4, 0.5) is 0 Å². The van der Waals surface area contributed by atoms with E-state index in [1.807, 2.05) is 12.1 Å². The van der Waals surface area contributed by atoms with Gasteiger partial charge in [-0.15, -0.1) is 0 Å². The Bertz CT molecular complexity index is 1120. The van der Waals surface area contributed by atoms with Gasteiger partial charge in [-0.3, -0.25) is 4.79 Å². The van der Waals surface area contributed by atoms with Crippen LogP contribution in [0.2, 0.25) is 5.02 Å². The highest BCUT2D eigenvalue weighted by atomic mass is 35.5. The standard InChI is InChI=1S/C24H19ClN2O4/c1-30-19-12-9-17(10-13-19)11-14-23(28)31-20-6-4-5-18(15-20)16-26-27-24(29)21-7-2-3-8-22(21)25/h2-16H,1H3,(H,27,29)/b14-11+,26-16-. The third kappa shape index (κ3) is 6.55. The van der Waals surface area contributed by atoms with Crippen molar-refractivity contribution in [3.8, 4) is 11.5 Å². The minimum Gasteiger partial charge on any atom is -0.497 e. The fourth-order valence-electron chi connectivity index (χ4n) is 2.56. The maximum Gasteiger partial charge on any atom is 0.336 e. The molecular weight excluding hydrogens is 416 g/mol. The van der Waals surface area contributed by atoms with Gasteiger partial charge in [-0.25, -0.2) is 10.2 Å². The molecule has 1 amide bonds. The van der Waals surface area contributed by atoms with Crippen molar-refractivity contribution in [1.82, 2.24) is 5.43 Å². The third-order valence-corrected chi connectivity index (χ3v) is 4.43.